The van der Waals surface area contributed by atoms with Gasteiger partial charge in [0.1, 0.15) is 5.70 Å². The predicted octanol–water partition coefficient (Wildman–Crippen LogP) is 5.38. The lowest BCUT2D eigenvalue weighted by Gasteiger charge is -2.16. The van der Waals surface area contributed by atoms with E-state index in [1.54, 1.807) is 35.7 Å². The highest BCUT2D eigenvalue weighted by Crippen LogP contribution is 2.36. The molecule has 1 N–H and O–H groups in total. The summed E-state index contributed by atoms with van der Waals surface area (Å²) in [6, 6.07) is 11.5. The number of nitrogens with zero attached hydrogens (tertiary/aromatic N) is 1. The molecule has 0 aliphatic carbocycles. The number of rotatable bonds is 4. The lowest BCUT2D eigenvalue weighted by Crippen LogP contribution is -2.32. The van der Waals surface area contributed by atoms with E-state index in [0.29, 0.717) is 15.6 Å². The first kappa shape index (κ1) is 19.3. The molecule has 0 atom stereocenters. The maximum absolute atomic E-state index is 13.6. The van der Waals surface area contributed by atoms with Crippen molar-refractivity contribution in [1.82, 2.24) is 0 Å². The second kappa shape index (κ2) is 7.42. The van der Waals surface area contributed by atoms with Crippen molar-refractivity contribution in [3.8, 4) is 0 Å². The van der Waals surface area contributed by atoms with Gasteiger partial charge in [0, 0.05) is 21.7 Å². The maximum atomic E-state index is 13.6. The Bertz CT molecular complexity index is 1180. The van der Waals surface area contributed by atoms with E-state index in [-0.39, 0.29) is 17.0 Å². The average Bonchev–Trinajstić information content (AvgIpc) is 3.28. The van der Waals surface area contributed by atoms with Gasteiger partial charge in [-0.15, -0.1) is 11.3 Å². The van der Waals surface area contributed by atoms with E-state index >= 15 is 0 Å². The minimum Gasteiger partial charge on any atom is -0.350 e. The molecule has 1 aliphatic rings. The van der Waals surface area contributed by atoms with E-state index in [1.807, 2.05) is 6.92 Å². The van der Waals surface area contributed by atoms with Crippen LogP contribution in [0.4, 0.5) is 20.2 Å². The van der Waals surface area contributed by atoms with Gasteiger partial charge in [-0.25, -0.2) is 13.7 Å². The third-order valence-corrected chi connectivity index (χ3v) is 5.75. The fourth-order valence-electron chi connectivity index (χ4n) is 2.97. The lowest BCUT2D eigenvalue weighted by atomic mass is 10.1. The van der Waals surface area contributed by atoms with Crippen LogP contribution in [0.2, 0.25) is 5.02 Å². The normalized spacial score (nSPS) is 14.1. The number of imide groups is 1. The highest BCUT2D eigenvalue weighted by molar-refractivity contribution is 7.11. The second-order valence-electron chi connectivity index (χ2n) is 6.36. The van der Waals surface area contributed by atoms with Crippen molar-refractivity contribution in [2.24, 2.45) is 0 Å². The molecule has 2 heterocycles. The summed E-state index contributed by atoms with van der Waals surface area (Å²) in [5.74, 6) is -3.20. The van der Waals surface area contributed by atoms with Gasteiger partial charge in [0.25, 0.3) is 11.8 Å². The summed E-state index contributed by atoms with van der Waals surface area (Å²) < 4.78 is 26.9. The lowest BCUT2D eigenvalue weighted by molar-refractivity contribution is -0.120. The second-order valence-corrected chi connectivity index (χ2v) is 7.72. The Hall–Kier alpha value is -3.03. The number of aryl methyl sites for hydroxylation is 1. The summed E-state index contributed by atoms with van der Waals surface area (Å²) in [5, 5.41) is 4.99. The Kier molecular flexibility index (Phi) is 4.94. The monoisotopic (exact) mass is 430 g/mol. The first-order valence-electron chi connectivity index (χ1n) is 8.52. The molecule has 3 aromatic rings. The van der Waals surface area contributed by atoms with Gasteiger partial charge in [0.05, 0.1) is 11.3 Å². The number of amides is 2. The molecule has 0 saturated heterocycles. The molecule has 8 heteroatoms. The Labute approximate surface area is 174 Å². The highest BCUT2D eigenvalue weighted by atomic mass is 35.5. The van der Waals surface area contributed by atoms with Crippen LogP contribution in [0.5, 0.6) is 0 Å². The van der Waals surface area contributed by atoms with Gasteiger partial charge in [-0.1, -0.05) is 23.7 Å². The van der Waals surface area contributed by atoms with Crippen molar-refractivity contribution in [3.63, 3.8) is 0 Å². The number of hydrogen-bond acceptors (Lipinski definition) is 4. The molecule has 2 amide bonds. The van der Waals surface area contributed by atoms with Gasteiger partial charge >= 0.3 is 0 Å². The highest BCUT2D eigenvalue weighted by Gasteiger charge is 2.40. The van der Waals surface area contributed by atoms with Crippen molar-refractivity contribution in [2.45, 2.75) is 6.92 Å². The zero-order chi connectivity index (χ0) is 20.7. The van der Waals surface area contributed by atoms with E-state index in [2.05, 4.69) is 5.32 Å². The summed E-state index contributed by atoms with van der Waals surface area (Å²) in [5.41, 5.74) is 1.43. The molecular formula is C21H13ClF2N2O2S. The van der Waals surface area contributed by atoms with Crippen LogP contribution < -0.4 is 10.2 Å². The molecule has 146 valence electrons. The first-order valence-corrected chi connectivity index (χ1v) is 9.77. The quantitative estimate of drug-likeness (QED) is 0.565. The summed E-state index contributed by atoms with van der Waals surface area (Å²) in [7, 11) is 0. The number of carbonyl (C=O) groups excluding carboxylic acids is 2. The molecule has 0 spiro atoms. The maximum Gasteiger partial charge on any atom is 0.282 e. The van der Waals surface area contributed by atoms with Crippen LogP contribution in [0.15, 0.2) is 59.6 Å². The van der Waals surface area contributed by atoms with Gasteiger partial charge in [0.15, 0.2) is 11.6 Å². The Balaban J connectivity index is 1.80. The van der Waals surface area contributed by atoms with Crippen LogP contribution in [-0.4, -0.2) is 11.8 Å². The van der Waals surface area contributed by atoms with Crippen molar-refractivity contribution in [2.75, 3.05) is 10.2 Å². The van der Waals surface area contributed by atoms with Crippen LogP contribution in [-0.2, 0) is 9.59 Å². The largest absolute Gasteiger partial charge is 0.350 e. The third-order valence-electron chi connectivity index (χ3n) is 4.45. The molecule has 0 unspecified atom stereocenters. The van der Waals surface area contributed by atoms with E-state index in [4.69, 9.17) is 11.6 Å². The van der Waals surface area contributed by atoms with Crippen molar-refractivity contribution in [3.05, 3.63) is 86.7 Å². The third kappa shape index (κ3) is 3.43. The molecule has 2 aromatic carbocycles. The summed E-state index contributed by atoms with van der Waals surface area (Å²) in [6.07, 6.45) is 0. The zero-order valence-corrected chi connectivity index (χ0v) is 16.6. The number of thiophene rings is 1. The van der Waals surface area contributed by atoms with Gasteiger partial charge in [-0.3, -0.25) is 9.59 Å². The molecule has 0 bridgehead atoms. The molecule has 1 aromatic heterocycles. The van der Waals surface area contributed by atoms with Gasteiger partial charge in [0.2, 0.25) is 0 Å². The van der Waals surface area contributed by atoms with E-state index < -0.39 is 23.4 Å². The number of benzene rings is 2. The van der Waals surface area contributed by atoms with Crippen molar-refractivity contribution < 1.29 is 18.4 Å². The molecular weight excluding hydrogens is 418 g/mol. The minimum atomic E-state index is -1.06. The number of halogens is 3. The number of anilines is 2. The summed E-state index contributed by atoms with van der Waals surface area (Å²) in [6.45, 7) is 1.81. The van der Waals surface area contributed by atoms with Crippen molar-refractivity contribution in [1.29, 1.82) is 0 Å². The Morgan fingerprint density at radius 3 is 2.45 bits per heavy atom. The number of nitrogens with one attached hydrogen (secondary N) is 1. The first-order chi connectivity index (χ1) is 13.9. The van der Waals surface area contributed by atoms with Crippen LogP contribution in [0.3, 0.4) is 0 Å². The van der Waals surface area contributed by atoms with E-state index in [9.17, 15) is 18.4 Å². The SMILES string of the molecule is Cc1ccc(N2C(=O)C(Nc3ccc(F)c(F)c3)=C(c3cccs3)C2=O)cc1Cl. The van der Waals surface area contributed by atoms with E-state index in [0.717, 1.165) is 22.6 Å². The van der Waals surface area contributed by atoms with Gasteiger partial charge in [-0.05, 0) is 48.2 Å². The van der Waals surface area contributed by atoms with Gasteiger partial charge < -0.3 is 5.32 Å². The fourth-order valence-corrected chi connectivity index (χ4v) is 3.91. The summed E-state index contributed by atoms with van der Waals surface area (Å²) >= 11 is 7.46. The molecule has 0 saturated carbocycles. The van der Waals surface area contributed by atoms with Crippen LogP contribution in [0.25, 0.3) is 5.57 Å². The average molecular weight is 431 g/mol. The molecule has 0 radical (unpaired) electrons. The van der Waals surface area contributed by atoms with Crippen molar-refractivity contribution >= 4 is 51.7 Å². The molecule has 4 rings (SSSR count). The summed E-state index contributed by atoms with van der Waals surface area (Å²) in [4.78, 5) is 27.9. The number of carbonyl (C=O) groups is 2. The molecule has 0 fully saturated rings. The molecule has 1 aliphatic heterocycles. The molecule has 29 heavy (non-hydrogen) atoms. The Morgan fingerprint density at radius 2 is 1.79 bits per heavy atom. The molecule has 4 nitrogen and oxygen atoms in total. The topological polar surface area (TPSA) is 49.4 Å². The van der Waals surface area contributed by atoms with Crippen LogP contribution in [0, 0.1) is 18.6 Å². The Morgan fingerprint density at radius 1 is 1.00 bits per heavy atom. The van der Waals surface area contributed by atoms with Crippen LogP contribution >= 0.6 is 22.9 Å². The predicted molar refractivity (Wildman–Crippen MR) is 110 cm³/mol. The van der Waals surface area contributed by atoms with E-state index in [1.165, 1.54) is 17.4 Å². The van der Waals surface area contributed by atoms with Crippen LogP contribution in [0.1, 0.15) is 10.4 Å². The number of hydrogen-bond donors (Lipinski definition) is 1. The zero-order valence-electron chi connectivity index (χ0n) is 15.0. The smallest absolute Gasteiger partial charge is 0.282 e. The fraction of sp³-hybridized carbons (Fsp3) is 0.0476. The minimum absolute atomic E-state index is 0.0137. The van der Waals surface area contributed by atoms with Gasteiger partial charge in [-0.2, -0.15) is 0 Å². The standard InChI is InChI=1S/C21H13ClF2N2O2S/c1-11-4-6-13(10-14(11)22)26-20(27)18(17-3-2-8-29-17)19(21(26)28)25-12-5-7-15(23)16(24)9-12/h2-10,25H,1H3.